The van der Waals surface area contributed by atoms with E-state index in [1.807, 2.05) is 6.20 Å². The van der Waals surface area contributed by atoms with E-state index in [1.165, 1.54) is 10.9 Å². The molecule has 2 nitrogen and oxygen atoms in total. The maximum Gasteiger partial charge on any atom is 0.144 e. The van der Waals surface area contributed by atoms with Crippen LogP contribution in [-0.4, -0.2) is 12.1 Å². The highest BCUT2D eigenvalue weighted by Crippen LogP contribution is 2.29. The molecular formula is C13H15NO. The third-order valence-electron chi connectivity index (χ3n) is 2.64. The number of ether oxygens (including phenoxy) is 1. The van der Waals surface area contributed by atoms with Gasteiger partial charge in [-0.15, -0.1) is 0 Å². The quantitative estimate of drug-likeness (QED) is 0.743. The molecule has 0 aliphatic heterocycles. The van der Waals surface area contributed by atoms with E-state index in [4.69, 9.17) is 4.74 Å². The van der Waals surface area contributed by atoms with Crippen molar-refractivity contribution < 1.29 is 4.74 Å². The molecule has 15 heavy (non-hydrogen) atoms. The van der Waals surface area contributed by atoms with Gasteiger partial charge >= 0.3 is 0 Å². The second kappa shape index (κ2) is 3.89. The molecule has 0 unspecified atom stereocenters. The zero-order valence-corrected chi connectivity index (χ0v) is 9.32. The van der Waals surface area contributed by atoms with Crippen LogP contribution in [0.2, 0.25) is 0 Å². The normalized spacial score (nSPS) is 10.9. The third-order valence-corrected chi connectivity index (χ3v) is 2.64. The molecular weight excluding hydrogens is 186 g/mol. The molecule has 2 heteroatoms. The zero-order valence-electron chi connectivity index (χ0n) is 9.32. The van der Waals surface area contributed by atoms with Crippen LogP contribution in [0.25, 0.3) is 10.8 Å². The van der Waals surface area contributed by atoms with Crippen LogP contribution in [0.15, 0.2) is 30.6 Å². The lowest BCUT2D eigenvalue weighted by Crippen LogP contribution is -1.92. The van der Waals surface area contributed by atoms with Gasteiger partial charge in [0.05, 0.1) is 13.3 Å². The van der Waals surface area contributed by atoms with Gasteiger partial charge in [0, 0.05) is 17.0 Å². The van der Waals surface area contributed by atoms with E-state index in [0.717, 1.165) is 11.1 Å². The van der Waals surface area contributed by atoms with Gasteiger partial charge in [0.25, 0.3) is 0 Å². The van der Waals surface area contributed by atoms with E-state index < -0.39 is 0 Å². The van der Waals surface area contributed by atoms with Crippen LogP contribution in [0.4, 0.5) is 0 Å². The summed E-state index contributed by atoms with van der Waals surface area (Å²) in [6.07, 6.45) is 3.67. The van der Waals surface area contributed by atoms with Crippen LogP contribution in [0, 0.1) is 0 Å². The molecule has 0 aliphatic carbocycles. The molecule has 2 aromatic rings. The van der Waals surface area contributed by atoms with Crippen LogP contribution in [0.5, 0.6) is 5.75 Å². The minimum Gasteiger partial charge on any atom is -0.494 e. The van der Waals surface area contributed by atoms with Crippen molar-refractivity contribution in [1.82, 2.24) is 4.98 Å². The molecule has 78 valence electrons. The molecule has 0 amide bonds. The lowest BCUT2D eigenvalue weighted by Gasteiger charge is -2.11. The predicted octanol–water partition coefficient (Wildman–Crippen LogP) is 3.37. The van der Waals surface area contributed by atoms with Crippen molar-refractivity contribution in [2.24, 2.45) is 0 Å². The first kappa shape index (κ1) is 9.97. The topological polar surface area (TPSA) is 22.1 Å². The largest absolute Gasteiger partial charge is 0.494 e. The smallest absolute Gasteiger partial charge is 0.144 e. The zero-order chi connectivity index (χ0) is 10.8. The lowest BCUT2D eigenvalue weighted by molar-refractivity contribution is 0.418. The monoisotopic (exact) mass is 201 g/mol. The van der Waals surface area contributed by atoms with Gasteiger partial charge in [-0.3, -0.25) is 4.98 Å². The van der Waals surface area contributed by atoms with Crippen molar-refractivity contribution >= 4 is 10.8 Å². The minimum absolute atomic E-state index is 0.502. The average molecular weight is 201 g/mol. The first-order valence-electron chi connectivity index (χ1n) is 5.14. The summed E-state index contributed by atoms with van der Waals surface area (Å²) >= 11 is 0. The fourth-order valence-electron chi connectivity index (χ4n) is 1.86. The van der Waals surface area contributed by atoms with Crippen LogP contribution in [0.1, 0.15) is 25.3 Å². The van der Waals surface area contributed by atoms with Gasteiger partial charge in [0.1, 0.15) is 5.75 Å². The molecule has 0 atom stereocenters. The van der Waals surface area contributed by atoms with E-state index in [0.29, 0.717) is 5.92 Å². The summed E-state index contributed by atoms with van der Waals surface area (Å²) < 4.78 is 5.30. The van der Waals surface area contributed by atoms with E-state index >= 15 is 0 Å². The number of aromatic nitrogens is 1. The number of methoxy groups -OCH3 is 1. The summed E-state index contributed by atoms with van der Waals surface area (Å²) in [4.78, 5) is 4.20. The van der Waals surface area contributed by atoms with Crippen molar-refractivity contribution in [1.29, 1.82) is 0 Å². The summed E-state index contributed by atoms with van der Waals surface area (Å²) in [6, 6.07) is 6.29. The Labute approximate surface area is 89.9 Å². The Bertz CT molecular complexity index is 477. The molecule has 0 radical (unpaired) electrons. The molecule has 1 heterocycles. The first-order valence-corrected chi connectivity index (χ1v) is 5.14. The molecule has 1 aromatic carbocycles. The van der Waals surface area contributed by atoms with Crippen molar-refractivity contribution in [2.75, 3.05) is 7.11 Å². The summed E-state index contributed by atoms with van der Waals surface area (Å²) in [5, 5.41) is 2.32. The molecule has 0 saturated heterocycles. The molecule has 0 spiro atoms. The molecule has 0 fully saturated rings. The van der Waals surface area contributed by atoms with Gasteiger partial charge in [-0.25, -0.2) is 0 Å². The SMILES string of the molecule is COc1cncc2c(C(C)C)cccc12. The van der Waals surface area contributed by atoms with E-state index in [2.05, 4.69) is 37.0 Å². The van der Waals surface area contributed by atoms with Crippen LogP contribution in [0.3, 0.4) is 0 Å². The fraction of sp³-hybridized carbons (Fsp3) is 0.308. The van der Waals surface area contributed by atoms with Gasteiger partial charge in [0.15, 0.2) is 0 Å². The van der Waals surface area contributed by atoms with Gasteiger partial charge < -0.3 is 4.74 Å². The third kappa shape index (κ3) is 1.67. The standard InChI is InChI=1S/C13H15NO/c1-9(2)10-5-4-6-11-12(10)7-14-8-13(11)15-3/h4-9H,1-3H3. The summed E-state index contributed by atoms with van der Waals surface area (Å²) in [6.45, 7) is 4.38. The van der Waals surface area contributed by atoms with Crippen LogP contribution in [-0.2, 0) is 0 Å². The van der Waals surface area contributed by atoms with Gasteiger partial charge in [-0.2, -0.15) is 0 Å². The summed E-state index contributed by atoms with van der Waals surface area (Å²) in [5.41, 5.74) is 1.32. The highest BCUT2D eigenvalue weighted by atomic mass is 16.5. The Kier molecular flexibility index (Phi) is 2.58. The second-order valence-corrected chi connectivity index (χ2v) is 3.94. The Morgan fingerprint density at radius 1 is 1.13 bits per heavy atom. The van der Waals surface area contributed by atoms with Crippen LogP contribution >= 0.6 is 0 Å². The van der Waals surface area contributed by atoms with Gasteiger partial charge in [0.2, 0.25) is 0 Å². The number of nitrogens with zero attached hydrogens (tertiary/aromatic N) is 1. The Morgan fingerprint density at radius 3 is 2.60 bits per heavy atom. The second-order valence-electron chi connectivity index (χ2n) is 3.94. The number of rotatable bonds is 2. The molecule has 0 saturated carbocycles. The highest BCUT2D eigenvalue weighted by molar-refractivity contribution is 5.90. The highest BCUT2D eigenvalue weighted by Gasteiger charge is 2.07. The molecule has 2 rings (SSSR count). The van der Waals surface area contributed by atoms with Gasteiger partial charge in [-0.1, -0.05) is 32.0 Å². The maximum absolute atomic E-state index is 5.30. The van der Waals surface area contributed by atoms with Crippen molar-refractivity contribution in [3.63, 3.8) is 0 Å². The average Bonchev–Trinajstić information content (AvgIpc) is 2.27. The molecule has 1 aromatic heterocycles. The lowest BCUT2D eigenvalue weighted by atomic mass is 9.97. The van der Waals surface area contributed by atoms with E-state index in [-0.39, 0.29) is 0 Å². The number of hydrogen-bond donors (Lipinski definition) is 0. The Morgan fingerprint density at radius 2 is 1.93 bits per heavy atom. The number of benzene rings is 1. The maximum atomic E-state index is 5.30. The van der Waals surface area contributed by atoms with E-state index in [9.17, 15) is 0 Å². The van der Waals surface area contributed by atoms with Crippen molar-refractivity contribution in [3.05, 3.63) is 36.2 Å². The number of pyridine rings is 1. The first-order chi connectivity index (χ1) is 7.24. The van der Waals surface area contributed by atoms with Gasteiger partial charge in [-0.05, 0) is 11.5 Å². The molecule has 0 aliphatic rings. The fourth-order valence-corrected chi connectivity index (χ4v) is 1.86. The van der Waals surface area contributed by atoms with Crippen molar-refractivity contribution in [3.8, 4) is 5.75 Å². The summed E-state index contributed by atoms with van der Waals surface area (Å²) in [5.74, 6) is 1.35. The Balaban J connectivity index is 2.76. The molecule has 0 N–H and O–H groups in total. The van der Waals surface area contributed by atoms with E-state index in [1.54, 1.807) is 13.3 Å². The van der Waals surface area contributed by atoms with Crippen molar-refractivity contribution in [2.45, 2.75) is 19.8 Å². The Hall–Kier alpha value is -1.57. The molecule has 0 bridgehead atoms. The van der Waals surface area contributed by atoms with Crippen LogP contribution < -0.4 is 4.74 Å². The minimum atomic E-state index is 0.502. The number of fused-ring (bicyclic) bond motifs is 1. The predicted molar refractivity (Wildman–Crippen MR) is 62.4 cm³/mol. The summed E-state index contributed by atoms with van der Waals surface area (Å²) in [7, 11) is 1.68. The number of hydrogen-bond acceptors (Lipinski definition) is 2.